The van der Waals surface area contributed by atoms with Crippen molar-refractivity contribution in [2.45, 2.75) is 59.4 Å². The maximum Gasteiger partial charge on any atom is 0.180 e. The molecule has 0 saturated carbocycles. The minimum Gasteiger partial charge on any atom is -0.360 e. The zero-order valence-corrected chi connectivity index (χ0v) is 17.8. The van der Waals surface area contributed by atoms with Crippen LogP contribution >= 0.6 is 11.3 Å². The predicted octanol–water partition coefficient (Wildman–Crippen LogP) is 4.42. The number of aryl methyl sites for hydroxylation is 3. The van der Waals surface area contributed by atoms with Crippen LogP contribution in [0.2, 0.25) is 0 Å². The third-order valence-electron chi connectivity index (χ3n) is 5.60. The van der Waals surface area contributed by atoms with E-state index in [9.17, 15) is 0 Å². The van der Waals surface area contributed by atoms with E-state index >= 15 is 0 Å². The lowest BCUT2D eigenvalue weighted by molar-refractivity contribution is 0.394. The molecule has 0 spiro atoms. The molecule has 0 atom stereocenters. The normalized spacial score (nSPS) is 14.2. The van der Waals surface area contributed by atoms with Crippen molar-refractivity contribution in [3.63, 3.8) is 0 Å². The number of rotatable bonds is 4. The van der Waals surface area contributed by atoms with Gasteiger partial charge in [0, 0.05) is 41.4 Å². The van der Waals surface area contributed by atoms with E-state index in [4.69, 9.17) is 9.51 Å². The van der Waals surface area contributed by atoms with E-state index in [1.807, 2.05) is 13.0 Å². The first-order valence-corrected chi connectivity index (χ1v) is 11.0. The van der Waals surface area contributed by atoms with Crippen molar-refractivity contribution in [2.24, 2.45) is 0 Å². The average Bonchev–Trinajstić information content (AvgIpc) is 3.43. The molecule has 7 nitrogen and oxygen atoms in total. The van der Waals surface area contributed by atoms with Crippen LogP contribution in [0, 0.1) is 20.8 Å². The quantitative estimate of drug-likeness (QED) is 0.500. The summed E-state index contributed by atoms with van der Waals surface area (Å²) in [5.74, 6) is 3.77. The molecule has 29 heavy (non-hydrogen) atoms. The third kappa shape index (κ3) is 3.31. The van der Waals surface area contributed by atoms with Gasteiger partial charge in [-0.05, 0) is 39.7 Å². The zero-order chi connectivity index (χ0) is 20.0. The summed E-state index contributed by atoms with van der Waals surface area (Å²) in [4.78, 5) is 4.92. The maximum atomic E-state index is 5.26. The Morgan fingerprint density at radius 3 is 2.83 bits per heavy atom. The number of thiazole rings is 1. The number of nitrogens with zero attached hydrogens (tertiary/aromatic N) is 6. The molecule has 0 fully saturated rings. The predicted molar refractivity (Wildman–Crippen MR) is 112 cm³/mol. The van der Waals surface area contributed by atoms with E-state index in [1.54, 1.807) is 11.3 Å². The van der Waals surface area contributed by atoms with Crippen molar-refractivity contribution in [3.05, 3.63) is 51.3 Å². The topological polar surface area (TPSA) is 74.6 Å². The molecule has 0 saturated heterocycles. The van der Waals surface area contributed by atoms with Gasteiger partial charge in [0.25, 0.3) is 0 Å². The molecule has 8 heteroatoms. The Kier molecular flexibility index (Phi) is 4.58. The molecule has 4 aromatic rings. The summed E-state index contributed by atoms with van der Waals surface area (Å²) in [7, 11) is 0. The molecule has 5 heterocycles. The monoisotopic (exact) mass is 408 g/mol. The van der Waals surface area contributed by atoms with Crippen LogP contribution in [0.5, 0.6) is 0 Å². The molecule has 0 N–H and O–H groups in total. The van der Waals surface area contributed by atoms with Gasteiger partial charge in [-0.1, -0.05) is 11.6 Å². The lowest BCUT2D eigenvalue weighted by Crippen LogP contribution is -2.06. The van der Waals surface area contributed by atoms with E-state index in [0.29, 0.717) is 0 Å². The standard InChI is InChI=1S/C21H24N6OS/c1-13-9-16(15(3)27(13)20-10-14(2)28-25-20)17-12-29-21(22-17)11-19-24-23-18-7-5-4-6-8-26(18)19/h9-10,12H,4-8,11H2,1-3H3. The second-order valence-corrected chi connectivity index (χ2v) is 8.66. The Balaban J connectivity index is 1.43. The molecule has 5 rings (SSSR count). The van der Waals surface area contributed by atoms with Gasteiger partial charge in [-0.2, -0.15) is 0 Å². The van der Waals surface area contributed by atoms with Crippen LogP contribution in [-0.2, 0) is 19.4 Å². The SMILES string of the molecule is Cc1cc(-n2c(C)cc(-c3csc(Cc4nnc5n4CCCCC5)n3)c2C)no1. The van der Waals surface area contributed by atoms with Gasteiger partial charge in [0.15, 0.2) is 5.82 Å². The van der Waals surface area contributed by atoms with Gasteiger partial charge in [-0.15, -0.1) is 21.5 Å². The van der Waals surface area contributed by atoms with Crippen LogP contribution in [-0.4, -0.2) is 29.5 Å². The first-order chi connectivity index (χ1) is 14.1. The minimum atomic E-state index is 0.735. The smallest absolute Gasteiger partial charge is 0.180 e. The second-order valence-electron chi connectivity index (χ2n) is 7.71. The molecule has 0 amide bonds. The fourth-order valence-electron chi connectivity index (χ4n) is 4.16. The molecule has 1 aliphatic heterocycles. The van der Waals surface area contributed by atoms with Gasteiger partial charge in [0.05, 0.1) is 12.1 Å². The molecule has 1 aliphatic rings. The molecule has 0 bridgehead atoms. The van der Waals surface area contributed by atoms with Crippen LogP contribution in [0.4, 0.5) is 0 Å². The van der Waals surface area contributed by atoms with Gasteiger partial charge >= 0.3 is 0 Å². The fourth-order valence-corrected chi connectivity index (χ4v) is 4.95. The average molecular weight is 409 g/mol. The van der Waals surface area contributed by atoms with E-state index in [2.05, 4.69) is 49.8 Å². The molecule has 0 unspecified atom stereocenters. The largest absolute Gasteiger partial charge is 0.360 e. The van der Waals surface area contributed by atoms with Crippen molar-refractivity contribution in [3.8, 4) is 17.1 Å². The zero-order valence-electron chi connectivity index (χ0n) is 17.0. The van der Waals surface area contributed by atoms with Gasteiger partial charge in [0.1, 0.15) is 22.4 Å². The highest BCUT2D eigenvalue weighted by atomic mass is 32.1. The van der Waals surface area contributed by atoms with Gasteiger partial charge in [-0.3, -0.25) is 4.57 Å². The molecule has 4 aromatic heterocycles. The number of fused-ring (bicyclic) bond motifs is 1. The molecular formula is C21H24N6OS. The second kappa shape index (κ2) is 7.26. The Bertz CT molecular complexity index is 1160. The summed E-state index contributed by atoms with van der Waals surface area (Å²) >= 11 is 1.69. The van der Waals surface area contributed by atoms with Crippen molar-refractivity contribution >= 4 is 11.3 Å². The first kappa shape index (κ1) is 18.3. The van der Waals surface area contributed by atoms with E-state index < -0.39 is 0 Å². The van der Waals surface area contributed by atoms with Crippen molar-refractivity contribution in [1.29, 1.82) is 0 Å². The number of hydrogen-bond acceptors (Lipinski definition) is 6. The summed E-state index contributed by atoms with van der Waals surface area (Å²) in [5.41, 5.74) is 4.36. The number of aromatic nitrogens is 6. The maximum absolute atomic E-state index is 5.26. The van der Waals surface area contributed by atoms with Crippen LogP contribution in [0.3, 0.4) is 0 Å². The van der Waals surface area contributed by atoms with E-state index in [0.717, 1.165) is 70.3 Å². The van der Waals surface area contributed by atoms with Crippen molar-refractivity contribution < 1.29 is 4.52 Å². The molecule has 0 aliphatic carbocycles. The molecule has 0 radical (unpaired) electrons. The Morgan fingerprint density at radius 2 is 2.00 bits per heavy atom. The van der Waals surface area contributed by atoms with Gasteiger partial charge in [0.2, 0.25) is 0 Å². The lowest BCUT2D eigenvalue weighted by Gasteiger charge is -2.05. The summed E-state index contributed by atoms with van der Waals surface area (Å²) in [6.45, 7) is 7.11. The van der Waals surface area contributed by atoms with Crippen LogP contribution in [0.1, 0.15) is 53.1 Å². The third-order valence-corrected chi connectivity index (χ3v) is 6.45. The summed E-state index contributed by atoms with van der Waals surface area (Å²) < 4.78 is 9.67. The fraction of sp³-hybridized carbons (Fsp3) is 0.429. The Morgan fingerprint density at radius 1 is 1.10 bits per heavy atom. The highest BCUT2D eigenvalue weighted by Crippen LogP contribution is 2.31. The summed E-state index contributed by atoms with van der Waals surface area (Å²) in [5, 5.41) is 16.2. The van der Waals surface area contributed by atoms with E-state index in [-0.39, 0.29) is 0 Å². The first-order valence-electron chi connectivity index (χ1n) is 10.1. The summed E-state index contributed by atoms with van der Waals surface area (Å²) in [6, 6.07) is 4.12. The van der Waals surface area contributed by atoms with Crippen molar-refractivity contribution in [1.82, 2.24) is 29.5 Å². The van der Waals surface area contributed by atoms with Crippen LogP contribution in [0.15, 0.2) is 22.0 Å². The van der Waals surface area contributed by atoms with Gasteiger partial charge in [-0.25, -0.2) is 4.98 Å². The highest BCUT2D eigenvalue weighted by molar-refractivity contribution is 7.10. The lowest BCUT2D eigenvalue weighted by atomic mass is 10.2. The van der Waals surface area contributed by atoms with Gasteiger partial charge < -0.3 is 9.09 Å². The molecular weight excluding hydrogens is 384 g/mol. The summed E-state index contributed by atoms with van der Waals surface area (Å²) in [6.07, 6.45) is 5.45. The molecule has 150 valence electrons. The minimum absolute atomic E-state index is 0.735. The highest BCUT2D eigenvalue weighted by Gasteiger charge is 2.19. The van der Waals surface area contributed by atoms with Crippen LogP contribution < -0.4 is 0 Å². The number of hydrogen-bond donors (Lipinski definition) is 0. The van der Waals surface area contributed by atoms with E-state index in [1.165, 1.54) is 19.3 Å². The molecule has 0 aromatic carbocycles. The van der Waals surface area contributed by atoms with Crippen molar-refractivity contribution in [2.75, 3.05) is 0 Å². The Hall–Kier alpha value is -2.74. The van der Waals surface area contributed by atoms with Crippen LogP contribution in [0.25, 0.3) is 17.1 Å². The Labute approximate surface area is 173 Å².